The van der Waals surface area contributed by atoms with Crippen molar-refractivity contribution in [3.05, 3.63) is 0 Å². The highest BCUT2D eigenvalue weighted by Gasteiger charge is 2.27. The Kier molecular flexibility index (Phi) is 1.93. The summed E-state index contributed by atoms with van der Waals surface area (Å²) >= 11 is 5.23. The number of β-amino-alcohol motifs (C(OH)–C–C–N with tert-alkyl or cyclic N) is 1. The van der Waals surface area contributed by atoms with Crippen molar-refractivity contribution in [3.63, 3.8) is 0 Å². The van der Waals surface area contributed by atoms with E-state index in [2.05, 4.69) is 0 Å². The zero-order chi connectivity index (χ0) is 6.85. The van der Waals surface area contributed by atoms with Gasteiger partial charge in [0.25, 0.3) is 0 Å². The molecule has 9 heavy (non-hydrogen) atoms. The molecule has 0 unspecified atom stereocenters. The van der Waals surface area contributed by atoms with E-state index in [4.69, 9.17) is 16.7 Å². The van der Waals surface area contributed by atoms with Crippen molar-refractivity contribution in [2.45, 2.75) is 6.10 Å². The summed E-state index contributed by atoms with van der Waals surface area (Å²) in [4.78, 5) is 12.1. The number of carbonyl (C=O) groups excluding carboxylic acids is 1. The molecule has 1 saturated heterocycles. The Bertz CT molecular complexity index is 122. The molecule has 1 fully saturated rings. The van der Waals surface area contributed by atoms with Crippen LogP contribution in [0, 0.1) is 0 Å². The third-order valence-electron chi connectivity index (χ3n) is 1.33. The van der Waals surface area contributed by atoms with Gasteiger partial charge in [0, 0.05) is 13.1 Å². The maximum atomic E-state index is 10.6. The highest BCUT2D eigenvalue weighted by molar-refractivity contribution is 6.27. The van der Waals surface area contributed by atoms with Crippen LogP contribution in [0.3, 0.4) is 0 Å². The fourth-order valence-corrected chi connectivity index (χ4v) is 0.912. The molecule has 0 aromatic heterocycles. The van der Waals surface area contributed by atoms with Gasteiger partial charge >= 0.3 is 0 Å². The molecular formula is C5H8ClNO2. The van der Waals surface area contributed by atoms with E-state index in [1.165, 1.54) is 4.90 Å². The molecule has 1 heterocycles. The minimum Gasteiger partial charge on any atom is -0.389 e. The minimum absolute atomic E-state index is 0.0206. The topological polar surface area (TPSA) is 40.5 Å². The second-order valence-corrected chi connectivity index (χ2v) is 2.35. The highest BCUT2D eigenvalue weighted by atomic mass is 35.5. The maximum Gasteiger partial charge on any atom is 0.237 e. The van der Waals surface area contributed by atoms with Crippen LogP contribution in [0.4, 0.5) is 0 Å². The normalized spacial score (nSPS) is 19.6. The molecule has 0 bridgehead atoms. The third-order valence-corrected chi connectivity index (χ3v) is 1.56. The fourth-order valence-electron chi connectivity index (χ4n) is 0.743. The number of aliphatic hydroxyl groups is 1. The molecule has 52 valence electrons. The van der Waals surface area contributed by atoms with Crippen LogP contribution in [0.1, 0.15) is 0 Å². The van der Waals surface area contributed by atoms with Crippen molar-refractivity contribution in [1.29, 1.82) is 0 Å². The Balaban J connectivity index is 2.23. The predicted molar refractivity (Wildman–Crippen MR) is 33.3 cm³/mol. The molecule has 1 N–H and O–H groups in total. The van der Waals surface area contributed by atoms with Gasteiger partial charge in [0.1, 0.15) is 5.88 Å². The average molecular weight is 150 g/mol. The van der Waals surface area contributed by atoms with Crippen molar-refractivity contribution < 1.29 is 9.90 Å². The maximum absolute atomic E-state index is 10.6. The summed E-state index contributed by atoms with van der Waals surface area (Å²) in [6, 6.07) is 0. The number of carbonyl (C=O) groups is 1. The predicted octanol–water partition coefficient (Wildman–Crippen LogP) is -0.572. The molecular weight excluding hydrogens is 142 g/mol. The second kappa shape index (κ2) is 2.54. The summed E-state index contributed by atoms with van der Waals surface area (Å²) in [7, 11) is 0. The molecule has 1 aliphatic heterocycles. The van der Waals surface area contributed by atoms with Crippen molar-refractivity contribution >= 4 is 17.5 Å². The summed E-state index contributed by atoms with van der Waals surface area (Å²) in [6.07, 6.45) is -0.322. The van der Waals surface area contributed by atoms with Crippen molar-refractivity contribution in [2.75, 3.05) is 19.0 Å². The first kappa shape index (κ1) is 6.83. The number of amides is 1. The molecule has 0 aromatic rings. The number of hydrogen-bond donors (Lipinski definition) is 1. The van der Waals surface area contributed by atoms with Gasteiger partial charge < -0.3 is 10.0 Å². The van der Waals surface area contributed by atoms with E-state index in [0.717, 1.165) is 0 Å². The number of aliphatic hydroxyl groups excluding tert-OH is 1. The Morgan fingerprint density at radius 2 is 2.33 bits per heavy atom. The van der Waals surface area contributed by atoms with Gasteiger partial charge in [-0.15, -0.1) is 11.6 Å². The van der Waals surface area contributed by atoms with Crippen molar-refractivity contribution in [1.82, 2.24) is 4.90 Å². The number of nitrogens with zero attached hydrogens (tertiary/aromatic N) is 1. The summed E-state index contributed by atoms with van der Waals surface area (Å²) in [6.45, 7) is 0.900. The molecule has 1 aliphatic rings. The number of likely N-dealkylation sites (tertiary alicyclic amines) is 1. The molecule has 0 aromatic carbocycles. The van der Waals surface area contributed by atoms with Crippen LogP contribution >= 0.6 is 11.6 Å². The van der Waals surface area contributed by atoms with Gasteiger partial charge in [-0.1, -0.05) is 0 Å². The molecule has 0 atom stereocenters. The van der Waals surface area contributed by atoms with Crippen molar-refractivity contribution in [2.24, 2.45) is 0 Å². The van der Waals surface area contributed by atoms with Gasteiger partial charge in [-0.25, -0.2) is 0 Å². The molecule has 1 amide bonds. The monoisotopic (exact) mass is 149 g/mol. The van der Waals surface area contributed by atoms with Crippen molar-refractivity contribution in [3.8, 4) is 0 Å². The van der Waals surface area contributed by atoms with Crippen LogP contribution in [0.5, 0.6) is 0 Å². The van der Waals surface area contributed by atoms with Crippen LogP contribution in [0.2, 0.25) is 0 Å². The molecule has 0 saturated carbocycles. The standard InChI is InChI=1S/C5H8ClNO2/c6-1-5(9)7-2-4(8)3-7/h4,8H,1-3H2. The van der Waals surface area contributed by atoms with Gasteiger partial charge in [0.15, 0.2) is 0 Å². The third kappa shape index (κ3) is 1.34. The number of halogens is 1. The Morgan fingerprint density at radius 3 is 2.67 bits per heavy atom. The lowest BCUT2D eigenvalue weighted by Gasteiger charge is -2.35. The second-order valence-electron chi connectivity index (χ2n) is 2.09. The Labute approximate surface area is 58.2 Å². The lowest BCUT2D eigenvalue weighted by Crippen LogP contribution is -2.53. The van der Waals surface area contributed by atoms with E-state index < -0.39 is 0 Å². The number of alkyl halides is 1. The quantitative estimate of drug-likeness (QED) is 0.508. The van der Waals surface area contributed by atoms with Crippen LogP contribution in [0.15, 0.2) is 0 Å². The molecule has 0 spiro atoms. The molecule has 4 heteroatoms. The average Bonchev–Trinajstić information content (AvgIpc) is 1.79. The van der Waals surface area contributed by atoms with Gasteiger partial charge in [-0.3, -0.25) is 4.79 Å². The van der Waals surface area contributed by atoms with Crippen LogP contribution in [-0.4, -0.2) is 41.0 Å². The van der Waals surface area contributed by atoms with Gasteiger partial charge in [0.05, 0.1) is 6.10 Å². The van der Waals surface area contributed by atoms with Gasteiger partial charge in [-0.05, 0) is 0 Å². The summed E-state index contributed by atoms with van der Waals surface area (Å²) in [5.74, 6) is -0.0748. The van der Waals surface area contributed by atoms with Gasteiger partial charge in [-0.2, -0.15) is 0 Å². The number of rotatable bonds is 1. The van der Waals surface area contributed by atoms with E-state index in [9.17, 15) is 4.79 Å². The van der Waals surface area contributed by atoms with E-state index >= 15 is 0 Å². The van der Waals surface area contributed by atoms with Crippen LogP contribution in [-0.2, 0) is 4.79 Å². The number of hydrogen-bond acceptors (Lipinski definition) is 2. The van der Waals surface area contributed by atoms with Crippen LogP contribution in [0.25, 0.3) is 0 Å². The molecule has 0 aliphatic carbocycles. The fraction of sp³-hybridized carbons (Fsp3) is 0.800. The summed E-state index contributed by atoms with van der Waals surface area (Å²) < 4.78 is 0. The van der Waals surface area contributed by atoms with E-state index in [-0.39, 0.29) is 17.9 Å². The first-order chi connectivity index (χ1) is 4.24. The highest BCUT2D eigenvalue weighted by Crippen LogP contribution is 2.07. The van der Waals surface area contributed by atoms with Crippen LogP contribution < -0.4 is 0 Å². The van der Waals surface area contributed by atoms with E-state index in [1.807, 2.05) is 0 Å². The lowest BCUT2D eigenvalue weighted by atomic mass is 10.2. The Hall–Kier alpha value is -0.280. The minimum atomic E-state index is -0.322. The summed E-state index contributed by atoms with van der Waals surface area (Å²) in [5, 5.41) is 8.73. The largest absolute Gasteiger partial charge is 0.389 e. The SMILES string of the molecule is O=C(CCl)N1CC(O)C1. The zero-order valence-corrected chi connectivity index (χ0v) is 5.64. The molecule has 1 rings (SSSR count). The van der Waals surface area contributed by atoms with E-state index in [1.54, 1.807) is 0 Å². The lowest BCUT2D eigenvalue weighted by molar-refractivity contribution is -0.138. The Morgan fingerprint density at radius 1 is 1.78 bits per heavy atom. The first-order valence-electron chi connectivity index (χ1n) is 2.76. The zero-order valence-electron chi connectivity index (χ0n) is 4.88. The van der Waals surface area contributed by atoms with Gasteiger partial charge in [0.2, 0.25) is 5.91 Å². The summed E-state index contributed by atoms with van der Waals surface area (Å²) in [5.41, 5.74) is 0. The molecule has 3 nitrogen and oxygen atoms in total. The smallest absolute Gasteiger partial charge is 0.237 e. The first-order valence-corrected chi connectivity index (χ1v) is 3.29. The molecule has 0 radical (unpaired) electrons. The van der Waals surface area contributed by atoms with E-state index in [0.29, 0.717) is 13.1 Å².